The lowest BCUT2D eigenvalue weighted by Crippen LogP contribution is -2.24. The molecular weight excluding hydrogens is 358 g/mol. The Bertz CT molecular complexity index is 598. The van der Waals surface area contributed by atoms with Crippen molar-refractivity contribution < 1.29 is 13.2 Å². The Labute approximate surface area is 159 Å². The van der Waals surface area contributed by atoms with Gasteiger partial charge in [-0.15, -0.1) is 12.4 Å². The number of rotatable bonds is 9. The molecule has 1 aromatic rings. The summed E-state index contributed by atoms with van der Waals surface area (Å²) in [5.74, 6) is 0.524. The molecule has 0 aromatic heterocycles. The van der Waals surface area contributed by atoms with E-state index in [4.69, 9.17) is 4.74 Å². The Morgan fingerprint density at radius 2 is 1.72 bits per heavy atom. The summed E-state index contributed by atoms with van der Waals surface area (Å²) < 4.78 is 31.7. The number of hydrogen-bond acceptors (Lipinski definition) is 4. The molecule has 0 radical (unpaired) electrons. The van der Waals surface area contributed by atoms with Crippen LogP contribution in [0, 0.1) is 0 Å². The van der Waals surface area contributed by atoms with Crippen LogP contribution < -0.4 is 4.74 Å². The van der Waals surface area contributed by atoms with E-state index >= 15 is 0 Å². The van der Waals surface area contributed by atoms with Gasteiger partial charge in [-0.1, -0.05) is 31.4 Å². The fraction of sp³-hybridized carbons (Fsp3) is 0.684. The molecule has 1 aliphatic rings. The van der Waals surface area contributed by atoms with Crippen LogP contribution in [0.25, 0.3) is 0 Å². The molecule has 0 amide bonds. The number of para-hydroxylation sites is 1. The van der Waals surface area contributed by atoms with Crippen LogP contribution >= 0.6 is 12.4 Å². The highest BCUT2D eigenvalue weighted by Gasteiger charge is 2.31. The van der Waals surface area contributed by atoms with Crippen molar-refractivity contribution in [2.24, 2.45) is 0 Å². The molecule has 1 aliphatic carbocycles. The van der Waals surface area contributed by atoms with E-state index in [0.717, 1.165) is 57.9 Å². The van der Waals surface area contributed by atoms with Crippen LogP contribution in [0.15, 0.2) is 29.2 Å². The molecule has 1 saturated carbocycles. The number of nitrogens with zero attached hydrogens (tertiary/aromatic N) is 1. The Morgan fingerprint density at radius 1 is 1.04 bits per heavy atom. The van der Waals surface area contributed by atoms with Gasteiger partial charge in [0.15, 0.2) is 9.84 Å². The first kappa shape index (κ1) is 22.3. The summed E-state index contributed by atoms with van der Waals surface area (Å²) in [7, 11) is 0.862. The molecular formula is C19H32ClNO3S. The molecule has 0 atom stereocenters. The molecule has 4 nitrogen and oxygen atoms in total. The first-order valence-corrected chi connectivity index (χ1v) is 10.7. The average Bonchev–Trinajstić information content (AvgIpc) is 2.59. The summed E-state index contributed by atoms with van der Waals surface area (Å²) in [6, 6.07) is 7.13. The van der Waals surface area contributed by atoms with Crippen LogP contribution in [0.3, 0.4) is 0 Å². The van der Waals surface area contributed by atoms with Gasteiger partial charge in [0.05, 0.1) is 11.9 Å². The fourth-order valence-corrected chi connectivity index (χ4v) is 5.24. The van der Waals surface area contributed by atoms with Crippen molar-refractivity contribution >= 4 is 22.2 Å². The summed E-state index contributed by atoms with van der Waals surface area (Å²) >= 11 is 0. The van der Waals surface area contributed by atoms with Gasteiger partial charge in [0, 0.05) is 0 Å². The molecule has 0 saturated heterocycles. The molecule has 144 valence electrons. The molecule has 6 heteroatoms. The number of benzene rings is 1. The van der Waals surface area contributed by atoms with Crippen LogP contribution in [0.1, 0.15) is 51.4 Å². The minimum absolute atomic E-state index is 0. The molecule has 0 spiro atoms. The highest BCUT2D eigenvalue weighted by atomic mass is 35.5. The van der Waals surface area contributed by atoms with Crippen molar-refractivity contribution in [1.82, 2.24) is 4.90 Å². The molecule has 0 heterocycles. The van der Waals surface area contributed by atoms with Crippen molar-refractivity contribution in [3.05, 3.63) is 24.3 Å². The fourth-order valence-electron chi connectivity index (χ4n) is 3.25. The van der Waals surface area contributed by atoms with Crippen molar-refractivity contribution in [2.75, 3.05) is 27.2 Å². The summed E-state index contributed by atoms with van der Waals surface area (Å²) in [6.45, 7) is 1.65. The number of ether oxygens (including phenoxy) is 1. The maximum atomic E-state index is 12.9. The van der Waals surface area contributed by atoms with Gasteiger partial charge in [0.25, 0.3) is 0 Å². The van der Waals surface area contributed by atoms with Crippen LogP contribution in [0.2, 0.25) is 0 Å². The molecule has 0 aliphatic heterocycles. The standard InChI is InChI=1S/C19H31NO3S.ClH/c1-20(2)15-9-4-10-16-23-18-13-7-8-14-19(18)24(21,22)17-11-5-3-6-12-17;/h7-8,13-14,17H,3-6,9-12,15-16H2,1-2H3;1H. The van der Waals surface area contributed by atoms with Gasteiger partial charge in [-0.25, -0.2) is 8.42 Å². The van der Waals surface area contributed by atoms with Crippen LogP contribution in [-0.4, -0.2) is 45.8 Å². The van der Waals surface area contributed by atoms with Crippen molar-refractivity contribution in [2.45, 2.75) is 61.5 Å². The second-order valence-electron chi connectivity index (χ2n) is 6.96. The smallest absolute Gasteiger partial charge is 0.184 e. The Balaban J connectivity index is 0.00000312. The van der Waals surface area contributed by atoms with E-state index in [1.807, 2.05) is 6.07 Å². The second-order valence-corrected chi connectivity index (χ2v) is 9.16. The third kappa shape index (κ3) is 6.80. The largest absolute Gasteiger partial charge is 0.492 e. The Kier molecular flexibility index (Phi) is 9.83. The van der Waals surface area contributed by atoms with Crippen LogP contribution in [0.5, 0.6) is 5.75 Å². The molecule has 1 aromatic carbocycles. The molecule has 0 bridgehead atoms. The Morgan fingerprint density at radius 3 is 2.40 bits per heavy atom. The van der Waals surface area contributed by atoms with Gasteiger partial charge in [-0.3, -0.25) is 0 Å². The highest BCUT2D eigenvalue weighted by Crippen LogP contribution is 2.33. The summed E-state index contributed by atoms with van der Waals surface area (Å²) in [5, 5.41) is -0.240. The van der Waals surface area contributed by atoms with Gasteiger partial charge in [0.2, 0.25) is 0 Å². The zero-order valence-electron chi connectivity index (χ0n) is 15.4. The lowest BCUT2D eigenvalue weighted by Gasteiger charge is -2.23. The van der Waals surface area contributed by atoms with E-state index in [-0.39, 0.29) is 17.7 Å². The summed E-state index contributed by atoms with van der Waals surface area (Å²) in [6.07, 6.45) is 7.91. The van der Waals surface area contributed by atoms with Crippen molar-refractivity contribution in [3.63, 3.8) is 0 Å². The quantitative estimate of drug-likeness (QED) is 0.590. The normalized spacial score (nSPS) is 15.8. The predicted octanol–water partition coefficient (Wildman–Crippen LogP) is 4.33. The van der Waals surface area contributed by atoms with Crippen molar-refractivity contribution in [3.8, 4) is 5.75 Å². The molecule has 1 fully saturated rings. The van der Waals surface area contributed by atoms with E-state index < -0.39 is 9.84 Å². The van der Waals surface area contributed by atoms with Crippen molar-refractivity contribution in [1.29, 1.82) is 0 Å². The molecule has 2 rings (SSSR count). The number of hydrogen-bond donors (Lipinski definition) is 0. The van der Waals surface area contributed by atoms with Crippen LogP contribution in [0.4, 0.5) is 0 Å². The minimum atomic E-state index is -3.28. The monoisotopic (exact) mass is 389 g/mol. The number of halogens is 1. The van der Waals surface area contributed by atoms with E-state index in [1.165, 1.54) is 0 Å². The predicted molar refractivity (Wildman–Crippen MR) is 106 cm³/mol. The molecule has 0 unspecified atom stereocenters. The van der Waals surface area contributed by atoms with Gasteiger partial charge < -0.3 is 9.64 Å². The lowest BCUT2D eigenvalue weighted by atomic mass is 10.0. The molecule has 0 N–H and O–H groups in total. The van der Waals surface area contributed by atoms with E-state index in [0.29, 0.717) is 17.3 Å². The van der Waals surface area contributed by atoms with Gasteiger partial charge in [-0.2, -0.15) is 0 Å². The highest BCUT2D eigenvalue weighted by molar-refractivity contribution is 7.92. The second kappa shape index (κ2) is 11.0. The topological polar surface area (TPSA) is 46.6 Å². The zero-order chi connectivity index (χ0) is 17.4. The maximum Gasteiger partial charge on any atom is 0.184 e. The number of unbranched alkanes of at least 4 members (excludes halogenated alkanes) is 2. The summed E-state index contributed by atoms with van der Waals surface area (Å²) in [4.78, 5) is 2.55. The third-order valence-electron chi connectivity index (χ3n) is 4.65. The van der Waals surface area contributed by atoms with Gasteiger partial charge >= 0.3 is 0 Å². The third-order valence-corrected chi connectivity index (χ3v) is 6.95. The summed E-state index contributed by atoms with van der Waals surface area (Å²) in [5.41, 5.74) is 0. The SMILES string of the molecule is CN(C)CCCCCOc1ccccc1S(=O)(=O)C1CCCCC1.Cl. The Hall–Kier alpha value is -0.780. The lowest BCUT2D eigenvalue weighted by molar-refractivity contribution is 0.292. The first-order valence-electron chi connectivity index (χ1n) is 9.12. The number of sulfone groups is 1. The average molecular weight is 390 g/mol. The van der Waals surface area contributed by atoms with E-state index in [1.54, 1.807) is 18.2 Å². The van der Waals surface area contributed by atoms with Gasteiger partial charge in [-0.05, 0) is 64.9 Å². The minimum Gasteiger partial charge on any atom is -0.492 e. The van der Waals surface area contributed by atoms with E-state index in [2.05, 4.69) is 19.0 Å². The van der Waals surface area contributed by atoms with E-state index in [9.17, 15) is 8.42 Å². The zero-order valence-corrected chi connectivity index (χ0v) is 17.1. The van der Waals surface area contributed by atoms with Crippen LogP contribution in [-0.2, 0) is 9.84 Å². The molecule has 25 heavy (non-hydrogen) atoms. The first-order chi connectivity index (χ1) is 11.5. The van der Waals surface area contributed by atoms with Gasteiger partial charge in [0.1, 0.15) is 10.6 Å². The maximum absolute atomic E-state index is 12.9.